The number of nitrogens with one attached hydrogen (secondary N) is 1. The second-order valence-electron chi connectivity index (χ2n) is 6.51. The fourth-order valence-electron chi connectivity index (χ4n) is 2.63. The maximum atomic E-state index is 12.1. The van der Waals surface area contributed by atoms with Crippen LogP contribution in [0.3, 0.4) is 0 Å². The van der Waals surface area contributed by atoms with Crippen LogP contribution in [0.1, 0.15) is 30.4 Å². The van der Waals surface area contributed by atoms with Gasteiger partial charge in [0.1, 0.15) is 0 Å². The van der Waals surface area contributed by atoms with Crippen LogP contribution in [0.2, 0.25) is 0 Å². The number of hydrogen-bond donors (Lipinski definition) is 1. The fraction of sp³-hybridized carbons (Fsp3) is 0.350. The Morgan fingerprint density at radius 3 is 2.71 bits per heavy atom. The summed E-state index contributed by atoms with van der Waals surface area (Å²) in [5, 5.41) is 6.79. The van der Waals surface area contributed by atoms with E-state index >= 15 is 0 Å². The summed E-state index contributed by atoms with van der Waals surface area (Å²) in [4.78, 5) is 26.8. The molecule has 3 aromatic rings. The summed E-state index contributed by atoms with van der Waals surface area (Å²) in [6.45, 7) is 4.51. The number of aromatic nitrogens is 4. The molecule has 2 heterocycles. The van der Waals surface area contributed by atoms with E-state index in [1.807, 2.05) is 12.1 Å². The topological polar surface area (TPSA) is 97.0 Å². The van der Waals surface area contributed by atoms with Gasteiger partial charge < -0.3 is 14.7 Å². The molecular weight excluding hydrogens is 356 g/mol. The number of benzene rings is 1. The molecule has 0 spiro atoms. The first-order valence-corrected chi connectivity index (χ1v) is 9.27. The molecule has 0 saturated carbocycles. The Hall–Kier alpha value is -3.13. The van der Waals surface area contributed by atoms with Crippen LogP contribution in [0.4, 0.5) is 0 Å². The van der Waals surface area contributed by atoms with E-state index in [9.17, 15) is 4.79 Å². The summed E-state index contributed by atoms with van der Waals surface area (Å²) >= 11 is 0. The van der Waals surface area contributed by atoms with Crippen LogP contribution in [0.15, 0.2) is 47.2 Å². The van der Waals surface area contributed by atoms with Crippen molar-refractivity contribution >= 4 is 5.91 Å². The summed E-state index contributed by atoms with van der Waals surface area (Å²) in [6.07, 6.45) is 3.87. The van der Waals surface area contributed by atoms with Gasteiger partial charge in [0.2, 0.25) is 23.4 Å². The van der Waals surface area contributed by atoms with Gasteiger partial charge in [0.15, 0.2) is 0 Å². The molecule has 8 nitrogen and oxygen atoms in total. The predicted octanol–water partition coefficient (Wildman–Crippen LogP) is 2.23. The Labute approximate surface area is 164 Å². The highest BCUT2D eigenvalue weighted by Crippen LogP contribution is 2.11. The Kier molecular flexibility index (Phi) is 6.80. The fourth-order valence-corrected chi connectivity index (χ4v) is 2.63. The van der Waals surface area contributed by atoms with Crippen molar-refractivity contribution in [2.75, 3.05) is 13.6 Å². The zero-order valence-corrected chi connectivity index (χ0v) is 16.1. The van der Waals surface area contributed by atoms with Crippen LogP contribution in [0.25, 0.3) is 11.6 Å². The Bertz CT molecular complexity index is 896. The van der Waals surface area contributed by atoms with Gasteiger partial charge in [-0.3, -0.25) is 4.79 Å². The van der Waals surface area contributed by atoms with E-state index in [4.69, 9.17) is 4.52 Å². The van der Waals surface area contributed by atoms with E-state index in [2.05, 4.69) is 56.4 Å². The summed E-state index contributed by atoms with van der Waals surface area (Å²) in [5.74, 6) is 1.05. The standard InChI is InChI=1S/C20H24N6O2/c1-3-26(2)14-16-7-4-6-15(12-16)13-23-17(27)8-9-18-24-20(25-28-18)19-21-10-5-11-22-19/h4-7,10-12H,3,8-9,13-14H2,1-2H3,(H,23,27). The van der Waals surface area contributed by atoms with Crippen molar-refractivity contribution in [1.29, 1.82) is 0 Å². The molecule has 1 N–H and O–H groups in total. The van der Waals surface area contributed by atoms with Crippen molar-refractivity contribution < 1.29 is 9.32 Å². The lowest BCUT2D eigenvalue weighted by Crippen LogP contribution is -2.23. The van der Waals surface area contributed by atoms with Gasteiger partial charge in [-0.15, -0.1) is 0 Å². The van der Waals surface area contributed by atoms with Crippen molar-refractivity contribution in [2.45, 2.75) is 32.9 Å². The van der Waals surface area contributed by atoms with Crippen LogP contribution >= 0.6 is 0 Å². The molecule has 2 aromatic heterocycles. The van der Waals surface area contributed by atoms with E-state index in [0.717, 1.165) is 18.7 Å². The average Bonchev–Trinajstić information content (AvgIpc) is 3.21. The zero-order valence-electron chi connectivity index (χ0n) is 16.1. The summed E-state index contributed by atoms with van der Waals surface area (Å²) in [6, 6.07) is 9.97. The van der Waals surface area contributed by atoms with E-state index in [0.29, 0.717) is 30.5 Å². The van der Waals surface area contributed by atoms with Crippen LogP contribution in [-0.2, 0) is 24.3 Å². The number of carbonyl (C=O) groups is 1. The molecule has 0 fully saturated rings. The van der Waals surface area contributed by atoms with Gasteiger partial charge in [0.25, 0.3) is 0 Å². The molecule has 0 aliphatic carbocycles. The molecular formula is C20H24N6O2. The quantitative estimate of drug-likeness (QED) is 0.608. The maximum Gasteiger partial charge on any atom is 0.240 e. The van der Waals surface area contributed by atoms with Crippen LogP contribution in [0, 0.1) is 0 Å². The van der Waals surface area contributed by atoms with Crippen molar-refractivity contribution in [3.05, 3.63) is 59.7 Å². The molecule has 3 rings (SSSR count). The molecule has 0 unspecified atom stereocenters. The SMILES string of the molecule is CCN(C)Cc1cccc(CNC(=O)CCc2nc(-c3ncccn3)no2)c1. The lowest BCUT2D eigenvalue weighted by Gasteiger charge is -2.14. The maximum absolute atomic E-state index is 12.1. The zero-order chi connectivity index (χ0) is 19.8. The Morgan fingerprint density at radius 2 is 1.93 bits per heavy atom. The number of aryl methyl sites for hydroxylation is 1. The van der Waals surface area contributed by atoms with Crippen LogP contribution < -0.4 is 5.32 Å². The third-order valence-corrected chi connectivity index (χ3v) is 4.27. The smallest absolute Gasteiger partial charge is 0.240 e. The van der Waals surface area contributed by atoms with Crippen LogP contribution in [0.5, 0.6) is 0 Å². The Balaban J connectivity index is 1.46. The third kappa shape index (κ3) is 5.68. The summed E-state index contributed by atoms with van der Waals surface area (Å²) in [7, 11) is 2.08. The first kappa shape index (κ1) is 19.6. The van der Waals surface area contributed by atoms with Gasteiger partial charge in [-0.05, 0) is 30.8 Å². The summed E-state index contributed by atoms with van der Waals surface area (Å²) in [5.41, 5.74) is 2.31. The number of hydrogen-bond acceptors (Lipinski definition) is 7. The van der Waals surface area contributed by atoms with E-state index < -0.39 is 0 Å². The van der Waals surface area contributed by atoms with E-state index in [-0.39, 0.29) is 12.3 Å². The number of carbonyl (C=O) groups excluding carboxylic acids is 1. The van der Waals surface area contributed by atoms with Gasteiger partial charge in [-0.2, -0.15) is 4.98 Å². The van der Waals surface area contributed by atoms with Crippen LogP contribution in [-0.4, -0.2) is 44.5 Å². The molecule has 0 aliphatic heterocycles. The molecule has 28 heavy (non-hydrogen) atoms. The first-order valence-electron chi connectivity index (χ1n) is 9.27. The lowest BCUT2D eigenvalue weighted by atomic mass is 10.1. The normalized spacial score (nSPS) is 11.0. The van der Waals surface area contributed by atoms with Gasteiger partial charge in [-0.25, -0.2) is 9.97 Å². The molecule has 0 atom stereocenters. The monoisotopic (exact) mass is 380 g/mol. The molecule has 0 aliphatic rings. The van der Waals surface area contributed by atoms with E-state index in [1.165, 1.54) is 5.56 Å². The second kappa shape index (κ2) is 9.70. The molecule has 0 saturated heterocycles. The van der Waals surface area contributed by atoms with Gasteiger partial charge in [0.05, 0.1) is 0 Å². The van der Waals surface area contributed by atoms with Gasteiger partial charge >= 0.3 is 0 Å². The molecule has 146 valence electrons. The van der Waals surface area contributed by atoms with Crippen molar-refractivity contribution in [1.82, 2.24) is 30.3 Å². The minimum absolute atomic E-state index is 0.0632. The summed E-state index contributed by atoms with van der Waals surface area (Å²) < 4.78 is 5.17. The first-order chi connectivity index (χ1) is 13.6. The molecule has 0 radical (unpaired) electrons. The van der Waals surface area contributed by atoms with Gasteiger partial charge in [0, 0.05) is 38.3 Å². The highest BCUT2D eigenvalue weighted by molar-refractivity contribution is 5.76. The minimum Gasteiger partial charge on any atom is -0.352 e. The number of rotatable bonds is 9. The highest BCUT2D eigenvalue weighted by Gasteiger charge is 2.12. The average molecular weight is 380 g/mol. The largest absolute Gasteiger partial charge is 0.352 e. The number of nitrogens with zero attached hydrogens (tertiary/aromatic N) is 5. The highest BCUT2D eigenvalue weighted by atomic mass is 16.5. The minimum atomic E-state index is -0.0632. The van der Waals surface area contributed by atoms with Crippen molar-refractivity contribution in [3.63, 3.8) is 0 Å². The molecule has 1 aromatic carbocycles. The Morgan fingerprint density at radius 1 is 1.14 bits per heavy atom. The van der Waals surface area contributed by atoms with Crippen molar-refractivity contribution in [2.24, 2.45) is 0 Å². The van der Waals surface area contributed by atoms with Crippen molar-refractivity contribution in [3.8, 4) is 11.6 Å². The predicted molar refractivity (Wildman–Crippen MR) is 104 cm³/mol. The third-order valence-electron chi connectivity index (χ3n) is 4.27. The molecule has 0 bridgehead atoms. The lowest BCUT2D eigenvalue weighted by molar-refractivity contribution is -0.121. The molecule has 1 amide bonds. The van der Waals surface area contributed by atoms with Gasteiger partial charge in [-0.1, -0.05) is 36.3 Å². The molecule has 8 heteroatoms. The van der Waals surface area contributed by atoms with E-state index in [1.54, 1.807) is 18.5 Å². The second-order valence-corrected chi connectivity index (χ2v) is 6.51. The number of amides is 1.